The summed E-state index contributed by atoms with van der Waals surface area (Å²) in [5.74, 6) is 0.848. The van der Waals surface area contributed by atoms with Crippen molar-refractivity contribution in [2.45, 2.75) is 40.2 Å². The summed E-state index contributed by atoms with van der Waals surface area (Å²) in [6.45, 7) is 11.2. The highest BCUT2D eigenvalue weighted by molar-refractivity contribution is 5.94. The molecular weight excluding hydrogens is 238 g/mol. The molecule has 1 aromatic rings. The van der Waals surface area contributed by atoms with Crippen molar-refractivity contribution in [1.29, 1.82) is 0 Å². The third kappa shape index (κ3) is 5.43. The van der Waals surface area contributed by atoms with Gasteiger partial charge in [-0.05, 0) is 45.5 Å². The minimum Gasteiger partial charge on any atom is -0.491 e. The summed E-state index contributed by atoms with van der Waals surface area (Å²) >= 11 is 0. The summed E-state index contributed by atoms with van der Waals surface area (Å²) in [4.78, 5) is 13.7. The average molecular weight is 263 g/mol. The summed E-state index contributed by atoms with van der Waals surface area (Å²) in [6, 6.07) is 7.40. The van der Waals surface area contributed by atoms with E-state index in [-0.39, 0.29) is 11.9 Å². The van der Waals surface area contributed by atoms with Gasteiger partial charge in [0.2, 0.25) is 0 Å². The number of ketones is 1. The van der Waals surface area contributed by atoms with Crippen molar-refractivity contribution in [1.82, 2.24) is 4.90 Å². The van der Waals surface area contributed by atoms with E-state index in [2.05, 4.69) is 25.7 Å². The summed E-state index contributed by atoms with van der Waals surface area (Å²) in [7, 11) is 0. The molecule has 0 aliphatic carbocycles. The Morgan fingerprint density at radius 3 is 2.58 bits per heavy atom. The molecule has 3 nitrogen and oxygen atoms in total. The molecule has 0 amide bonds. The minimum atomic E-state index is 0.0706. The van der Waals surface area contributed by atoms with Crippen molar-refractivity contribution in [2.75, 3.05) is 19.6 Å². The van der Waals surface area contributed by atoms with Crippen LogP contribution in [0.4, 0.5) is 0 Å². The van der Waals surface area contributed by atoms with Crippen LogP contribution in [0.25, 0.3) is 0 Å². The summed E-state index contributed by atoms with van der Waals surface area (Å²) in [5, 5.41) is 0. The van der Waals surface area contributed by atoms with Gasteiger partial charge in [0, 0.05) is 12.1 Å². The quantitative estimate of drug-likeness (QED) is 0.673. The molecular formula is C16H25NO2. The first-order valence-electron chi connectivity index (χ1n) is 7.06. The van der Waals surface area contributed by atoms with E-state index in [4.69, 9.17) is 4.74 Å². The lowest BCUT2D eigenvalue weighted by atomic mass is 10.1. The maximum absolute atomic E-state index is 11.3. The molecule has 0 heterocycles. The van der Waals surface area contributed by atoms with E-state index >= 15 is 0 Å². The fourth-order valence-electron chi connectivity index (χ4n) is 1.98. The normalized spacial score (nSPS) is 12.5. The summed E-state index contributed by atoms with van der Waals surface area (Å²) < 4.78 is 5.87. The Labute approximate surface area is 116 Å². The average Bonchev–Trinajstić information content (AvgIpc) is 2.40. The van der Waals surface area contributed by atoms with Crippen LogP contribution in [0.2, 0.25) is 0 Å². The number of ether oxygens (including phenoxy) is 1. The molecule has 1 atom stereocenters. The SMILES string of the molecule is CCN(CC)CCC(C)Oc1cccc(C(C)=O)c1. The van der Waals surface area contributed by atoms with Crippen LogP contribution in [0.3, 0.4) is 0 Å². The third-order valence-corrected chi connectivity index (χ3v) is 3.32. The second-order valence-corrected chi connectivity index (χ2v) is 4.83. The molecule has 106 valence electrons. The lowest BCUT2D eigenvalue weighted by molar-refractivity contribution is 0.101. The Balaban J connectivity index is 2.50. The Morgan fingerprint density at radius 1 is 1.32 bits per heavy atom. The first-order valence-corrected chi connectivity index (χ1v) is 7.06. The highest BCUT2D eigenvalue weighted by atomic mass is 16.5. The number of carbonyl (C=O) groups is 1. The molecule has 0 fully saturated rings. The predicted octanol–water partition coefficient (Wildman–Crippen LogP) is 3.39. The Morgan fingerprint density at radius 2 is 2.00 bits per heavy atom. The molecule has 0 spiro atoms. The fraction of sp³-hybridized carbons (Fsp3) is 0.562. The van der Waals surface area contributed by atoms with Crippen LogP contribution in [-0.2, 0) is 0 Å². The zero-order valence-corrected chi connectivity index (χ0v) is 12.5. The molecule has 19 heavy (non-hydrogen) atoms. The van der Waals surface area contributed by atoms with Gasteiger partial charge in [-0.25, -0.2) is 0 Å². The van der Waals surface area contributed by atoms with E-state index in [1.165, 1.54) is 0 Å². The molecule has 1 unspecified atom stereocenters. The highest BCUT2D eigenvalue weighted by Crippen LogP contribution is 2.16. The van der Waals surface area contributed by atoms with Gasteiger partial charge >= 0.3 is 0 Å². The monoisotopic (exact) mass is 263 g/mol. The number of hydrogen-bond acceptors (Lipinski definition) is 3. The van der Waals surface area contributed by atoms with Crippen molar-refractivity contribution in [3.8, 4) is 5.75 Å². The van der Waals surface area contributed by atoms with Crippen molar-refractivity contribution in [2.24, 2.45) is 0 Å². The van der Waals surface area contributed by atoms with Gasteiger partial charge in [0.1, 0.15) is 5.75 Å². The van der Waals surface area contributed by atoms with Gasteiger partial charge in [-0.1, -0.05) is 26.0 Å². The van der Waals surface area contributed by atoms with Crippen LogP contribution in [0, 0.1) is 0 Å². The molecule has 0 N–H and O–H groups in total. The van der Waals surface area contributed by atoms with E-state index < -0.39 is 0 Å². The number of rotatable bonds is 8. The third-order valence-electron chi connectivity index (χ3n) is 3.32. The maximum Gasteiger partial charge on any atom is 0.159 e. The second kappa shape index (κ2) is 7.95. The van der Waals surface area contributed by atoms with Gasteiger partial charge in [-0.3, -0.25) is 4.79 Å². The molecule has 0 aliphatic heterocycles. The van der Waals surface area contributed by atoms with E-state index in [0.717, 1.165) is 31.8 Å². The molecule has 1 aromatic carbocycles. The van der Waals surface area contributed by atoms with Crippen molar-refractivity contribution in [3.63, 3.8) is 0 Å². The van der Waals surface area contributed by atoms with Gasteiger partial charge < -0.3 is 9.64 Å². The van der Waals surface area contributed by atoms with E-state index in [0.29, 0.717) is 5.56 Å². The van der Waals surface area contributed by atoms with Crippen LogP contribution in [-0.4, -0.2) is 36.4 Å². The number of hydrogen-bond donors (Lipinski definition) is 0. The van der Waals surface area contributed by atoms with Gasteiger partial charge in [0.15, 0.2) is 5.78 Å². The predicted molar refractivity (Wildman–Crippen MR) is 78.9 cm³/mol. The van der Waals surface area contributed by atoms with E-state index in [1.54, 1.807) is 6.92 Å². The maximum atomic E-state index is 11.3. The first-order chi connectivity index (χ1) is 9.06. The minimum absolute atomic E-state index is 0.0706. The summed E-state index contributed by atoms with van der Waals surface area (Å²) in [6.07, 6.45) is 1.15. The van der Waals surface area contributed by atoms with Crippen LogP contribution >= 0.6 is 0 Å². The lowest BCUT2D eigenvalue weighted by Gasteiger charge is -2.21. The van der Waals surface area contributed by atoms with Gasteiger partial charge in [-0.2, -0.15) is 0 Å². The zero-order chi connectivity index (χ0) is 14.3. The van der Waals surface area contributed by atoms with E-state index in [1.807, 2.05) is 24.3 Å². The Kier molecular flexibility index (Phi) is 6.57. The topological polar surface area (TPSA) is 29.5 Å². The lowest BCUT2D eigenvalue weighted by Crippen LogP contribution is -2.27. The number of nitrogens with zero attached hydrogens (tertiary/aromatic N) is 1. The number of benzene rings is 1. The number of Topliss-reactive ketones (excluding diaryl/α,β-unsaturated/α-hetero) is 1. The molecule has 0 aliphatic rings. The largest absolute Gasteiger partial charge is 0.491 e. The van der Waals surface area contributed by atoms with Crippen LogP contribution in [0.5, 0.6) is 5.75 Å². The second-order valence-electron chi connectivity index (χ2n) is 4.83. The van der Waals surface area contributed by atoms with E-state index in [9.17, 15) is 4.79 Å². The van der Waals surface area contributed by atoms with Crippen LogP contribution in [0.15, 0.2) is 24.3 Å². The zero-order valence-electron chi connectivity index (χ0n) is 12.5. The molecule has 1 rings (SSSR count). The summed E-state index contributed by atoms with van der Waals surface area (Å²) in [5.41, 5.74) is 0.702. The molecule has 3 heteroatoms. The smallest absolute Gasteiger partial charge is 0.159 e. The molecule has 0 bridgehead atoms. The Bertz CT molecular complexity index is 399. The van der Waals surface area contributed by atoms with Crippen molar-refractivity contribution >= 4 is 5.78 Å². The molecule has 0 radical (unpaired) electrons. The van der Waals surface area contributed by atoms with Crippen LogP contribution in [0.1, 0.15) is 44.5 Å². The van der Waals surface area contributed by atoms with Gasteiger partial charge in [0.05, 0.1) is 6.10 Å². The van der Waals surface area contributed by atoms with Gasteiger partial charge in [-0.15, -0.1) is 0 Å². The molecule has 0 saturated heterocycles. The fourth-order valence-corrected chi connectivity index (χ4v) is 1.98. The van der Waals surface area contributed by atoms with Gasteiger partial charge in [0.25, 0.3) is 0 Å². The standard InChI is InChI=1S/C16H25NO2/c1-5-17(6-2)11-10-13(3)19-16-9-7-8-15(12-16)14(4)18/h7-9,12-13H,5-6,10-11H2,1-4H3. The van der Waals surface area contributed by atoms with Crippen molar-refractivity contribution in [3.05, 3.63) is 29.8 Å². The van der Waals surface area contributed by atoms with Crippen molar-refractivity contribution < 1.29 is 9.53 Å². The first kappa shape index (κ1) is 15.7. The van der Waals surface area contributed by atoms with Crippen LogP contribution < -0.4 is 4.74 Å². The molecule has 0 aromatic heterocycles. The number of carbonyl (C=O) groups excluding carboxylic acids is 1. The highest BCUT2D eigenvalue weighted by Gasteiger charge is 2.08. The Hall–Kier alpha value is -1.35. The molecule has 0 saturated carbocycles.